The van der Waals surface area contributed by atoms with Gasteiger partial charge in [0.05, 0.1) is 25.4 Å². The summed E-state index contributed by atoms with van der Waals surface area (Å²) < 4.78 is 10.5. The van der Waals surface area contributed by atoms with Gasteiger partial charge in [0, 0.05) is 13.0 Å². The number of aliphatic hydroxyl groups is 1. The molecule has 1 unspecified atom stereocenters. The first kappa shape index (κ1) is 17.3. The van der Waals surface area contributed by atoms with Crippen molar-refractivity contribution in [3.8, 4) is 11.5 Å². The molecule has 0 fully saturated rings. The Hall–Kier alpha value is -2.53. The highest BCUT2D eigenvalue weighted by Crippen LogP contribution is 2.31. The molecule has 0 bridgehead atoms. The third-order valence-corrected chi connectivity index (χ3v) is 4.72. The predicted molar refractivity (Wildman–Crippen MR) is 95.3 cm³/mol. The van der Waals surface area contributed by atoms with E-state index in [9.17, 15) is 9.90 Å². The third kappa shape index (κ3) is 3.61. The molecular formula is C20H23NO4. The van der Waals surface area contributed by atoms with Crippen molar-refractivity contribution in [2.75, 3.05) is 20.8 Å². The fraction of sp³-hybridized carbons (Fsp3) is 0.350. The van der Waals surface area contributed by atoms with Crippen LogP contribution < -0.4 is 14.8 Å². The van der Waals surface area contributed by atoms with Crippen LogP contribution in [-0.2, 0) is 12.8 Å². The average Bonchev–Trinajstić information content (AvgIpc) is 2.65. The van der Waals surface area contributed by atoms with Crippen LogP contribution in [0.2, 0.25) is 0 Å². The summed E-state index contributed by atoms with van der Waals surface area (Å²) in [7, 11) is 3.03. The maximum Gasteiger partial charge on any atom is 0.255 e. The monoisotopic (exact) mass is 341 g/mol. The number of amides is 1. The van der Waals surface area contributed by atoms with Gasteiger partial charge in [0.2, 0.25) is 0 Å². The molecular weight excluding hydrogens is 318 g/mol. The highest BCUT2D eigenvalue weighted by atomic mass is 16.5. The van der Waals surface area contributed by atoms with Crippen molar-refractivity contribution in [2.45, 2.75) is 24.9 Å². The number of nitrogens with one attached hydrogen (secondary N) is 1. The number of aryl methyl sites for hydroxylation is 1. The van der Waals surface area contributed by atoms with Gasteiger partial charge < -0.3 is 19.9 Å². The molecule has 1 aliphatic rings. The smallest absolute Gasteiger partial charge is 0.255 e. The lowest BCUT2D eigenvalue weighted by atomic mass is 9.80. The van der Waals surface area contributed by atoms with Gasteiger partial charge in [-0.2, -0.15) is 0 Å². The Morgan fingerprint density at radius 3 is 2.60 bits per heavy atom. The average molecular weight is 341 g/mol. The van der Waals surface area contributed by atoms with Gasteiger partial charge in [-0.15, -0.1) is 0 Å². The number of carbonyl (C=O) groups excluding carboxylic acids is 1. The van der Waals surface area contributed by atoms with Crippen LogP contribution >= 0.6 is 0 Å². The number of rotatable bonds is 5. The minimum atomic E-state index is -0.934. The van der Waals surface area contributed by atoms with Crippen molar-refractivity contribution in [2.24, 2.45) is 0 Å². The molecule has 0 aliphatic heterocycles. The molecule has 1 atom stereocenters. The molecule has 0 heterocycles. The first-order chi connectivity index (χ1) is 12.1. The highest BCUT2D eigenvalue weighted by Gasteiger charge is 2.32. The number of para-hydroxylation sites is 1. The molecule has 2 aromatic rings. The van der Waals surface area contributed by atoms with Crippen molar-refractivity contribution in [1.29, 1.82) is 0 Å². The highest BCUT2D eigenvalue weighted by molar-refractivity contribution is 5.97. The maximum absolute atomic E-state index is 12.6. The summed E-state index contributed by atoms with van der Waals surface area (Å²) in [5.41, 5.74) is 1.87. The molecule has 1 amide bonds. The number of hydrogen-bond donors (Lipinski definition) is 2. The molecule has 25 heavy (non-hydrogen) atoms. The van der Waals surface area contributed by atoms with Crippen molar-refractivity contribution < 1.29 is 19.4 Å². The van der Waals surface area contributed by atoms with E-state index in [-0.39, 0.29) is 12.5 Å². The number of benzene rings is 2. The normalized spacial score (nSPS) is 19.0. The zero-order chi connectivity index (χ0) is 17.9. The zero-order valence-corrected chi connectivity index (χ0v) is 14.5. The van der Waals surface area contributed by atoms with Crippen LogP contribution in [0.25, 0.3) is 0 Å². The van der Waals surface area contributed by atoms with Crippen molar-refractivity contribution in [3.05, 3.63) is 59.2 Å². The van der Waals surface area contributed by atoms with Gasteiger partial charge in [0.25, 0.3) is 5.91 Å². The van der Waals surface area contributed by atoms with E-state index in [1.807, 2.05) is 18.2 Å². The Morgan fingerprint density at radius 2 is 1.88 bits per heavy atom. The van der Waals surface area contributed by atoms with E-state index < -0.39 is 5.60 Å². The zero-order valence-electron chi connectivity index (χ0n) is 14.5. The van der Waals surface area contributed by atoms with Gasteiger partial charge in [0.15, 0.2) is 11.5 Å². The fourth-order valence-corrected chi connectivity index (χ4v) is 3.34. The minimum absolute atomic E-state index is 0.195. The Kier molecular flexibility index (Phi) is 4.95. The van der Waals surface area contributed by atoms with Gasteiger partial charge >= 0.3 is 0 Å². The lowest BCUT2D eigenvalue weighted by Gasteiger charge is -2.33. The molecule has 5 nitrogen and oxygen atoms in total. The predicted octanol–water partition coefficient (Wildman–Crippen LogP) is 2.35. The van der Waals surface area contributed by atoms with Gasteiger partial charge in [-0.1, -0.05) is 30.3 Å². The van der Waals surface area contributed by atoms with Crippen LogP contribution in [0.1, 0.15) is 27.9 Å². The second-order valence-electron chi connectivity index (χ2n) is 6.39. The van der Waals surface area contributed by atoms with E-state index in [1.165, 1.54) is 19.8 Å². The molecule has 0 radical (unpaired) electrons. The first-order valence-corrected chi connectivity index (χ1v) is 8.35. The molecule has 2 aromatic carbocycles. The minimum Gasteiger partial charge on any atom is -0.493 e. The molecule has 2 N–H and O–H groups in total. The van der Waals surface area contributed by atoms with Gasteiger partial charge in [-0.3, -0.25) is 4.79 Å². The summed E-state index contributed by atoms with van der Waals surface area (Å²) in [5, 5.41) is 13.7. The van der Waals surface area contributed by atoms with Crippen LogP contribution in [0.5, 0.6) is 11.5 Å². The largest absolute Gasteiger partial charge is 0.493 e. The summed E-state index contributed by atoms with van der Waals surface area (Å²) in [6.45, 7) is 0.195. The first-order valence-electron chi connectivity index (χ1n) is 8.35. The van der Waals surface area contributed by atoms with E-state index in [1.54, 1.807) is 18.2 Å². The summed E-state index contributed by atoms with van der Waals surface area (Å²) in [6.07, 6.45) is 1.98. The molecule has 132 valence electrons. The SMILES string of the molecule is COc1cccc(C(=O)NCC2(O)CCc3ccccc3C2)c1OC. The molecule has 1 aliphatic carbocycles. The topological polar surface area (TPSA) is 67.8 Å². The van der Waals surface area contributed by atoms with E-state index in [0.29, 0.717) is 29.9 Å². The van der Waals surface area contributed by atoms with Crippen molar-refractivity contribution >= 4 is 5.91 Å². The number of carbonyl (C=O) groups is 1. The number of fused-ring (bicyclic) bond motifs is 1. The molecule has 3 rings (SSSR count). The second kappa shape index (κ2) is 7.15. The Labute approximate surface area is 147 Å². The van der Waals surface area contributed by atoms with Gasteiger partial charge in [-0.05, 0) is 36.1 Å². The maximum atomic E-state index is 12.6. The van der Waals surface area contributed by atoms with E-state index in [4.69, 9.17) is 9.47 Å². The lowest BCUT2D eigenvalue weighted by Crippen LogP contribution is -2.46. The van der Waals surface area contributed by atoms with Crippen LogP contribution in [-0.4, -0.2) is 37.4 Å². The molecule has 0 spiro atoms. The van der Waals surface area contributed by atoms with E-state index >= 15 is 0 Å². The number of ether oxygens (including phenoxy) is 2. The quantitative estimate of drug-likeness (QED) is 0.876. The second-order valence-corrected chi connectivity index (χ2v) is 6.39. The summed E-state index contributed by atoms with van der Waals surface area (Å²) in [5.74, 6) is 0.604. The van der Waals surface area contributed by atoms with Crippen LogP contribution in [0.4, 0.5) is 0 Å². The summed E-state index contributed by atoms with van der Waals surface area (Å²) in [4.78, 5) is 12.6. The summed E-state index contributed by atoms with van der Waals surface area (Å²) >= 11 is 0. The third-order valence-electron chi connectivity index (χ3n) is 4.72. The molecule has 5 heteroatoms. The van der Waals surface area contributed by atoms with Gasteiger partial charge in [-0.25, -0.2) is 0 Å². The van der Waals surface area contributed by atoms with E-state index in [0.717, 1.165) is 12.0 Å². The van der Waals surface area contributed by atoms with Crippen LogP contribution in [0, 0.1) is 0 Å². The van der Waals surface area contributed by atoms with Crippen LogP contribution in [0.15, 0.2) is 42.5 Å². The Bertz CT molecular complexity index is 774. The lowest BCUT2D eigenvalue weighted by molar-refractivity contribution is 0.0259. The Balaban J connectivity index is 1.71. The standard InChI is InChI=1S/C20H23NO4/c1-24-17-9-5-8-16(18(17)25-2)19(22)21-13-20(23)11-10-14-6-3-4-7-15(14)12-20/h3-9,23H,10-13H2,1-2H3,(H,21,22). The molecule has 0 aromatic heterocycles. The molecule has 0 saturated carbocycles. The van der Waals surface area contributed by atoms with Crippen molar-refractivity contribution in [3.63, 3.8) is 0 Å². The van der Waals surface area contributed by atoms with Crippen molar-refractivity contribution in [1.82, 2.24) is 5.32 Å². The summed E-state index contributed by atoms with van der Waals surface area (Å²) in [6, 6.07) is 13.3. The van der Waals surface area contributed by atoms with E-state index in [2.05, 4.69) is 11.4 Å². The molecule has 0 saturated heterocycles. The van der Waals surface area contributed by atoms with Gasteiger partial charge in [0.1, 0.15) is 0 Å². The Morgan fingerprint density at radius 1 is 1.12 bits per heavy atom. The number of methoxy groups -OCH3 is 2. The number of hydrogen-bond acceptors (Lipinski definition) is 4. The fourth-order valence-electron chi connectivity index (χ4n) is 3.34. The van der Waals surface area contributed by atoms with Crippen LogP contribution in [0.3, 0.4) is 0 Å².